The smallest absolute Gasteiger partial charge is 0.227 e. The zero-order chi connectivity index (χ0) is 35.8. The Morgan fingerprint density at radius 2 is 1.82 bits per heavy atom. The summed E-state index contributed by atoms with van der Waals surface area (Å²) >= 11 is 0. The Hall–Kier alpha value is -2.30. The van der Waals surface area contributed by atoms with Crippen LogP contribution in [0.1, 0.15) is 104 Å². The number of rotatable bonds is 8. The van der Waals surface area contributed by atoms with Gasteiger partial charge >= 0.3 is 0 Å². The second-order valence-corrected chi connectivity index (χ2v) is 18.3. The summed E-state index contributed by atoms with van der Waals surface area (Å²) in [6, 6.07) is 5.35. The second-order valence-electron chi connectivity index (χ2n) is 18.3. The highest BCUT2D eigenvalue weighted by Gasteiger charge is 2.78. The number of nitrogens with zero attached hydrogens (tertiary/aromatic N) is 1. The van der Waals surface area contributed by atoms with Crippen molar-refractivity contribution in [2.75, 3.05) is 11.4 Å². The van der Waals surface area contributed by atoms with Crippen LogP contribution in [0.25, 0.3) is 0 Å². The van der Waals surface area contributed by atoms with Crippen LogP contribution in [-0.4, -0.2) is 79.4 Å². The van der Waals surface area contributed by atoms with Gasteiger partial charge in [0.1, 0.15) is 11.9 Å². The van der Waals surface area contributed by atoms with Gasteiger partial charge in [0.2, 0.25) is 5.91 Å². The lowest BCUT2D eigenvalue weighted by molar-refractivity contribution is -0.193. The molecule has 5 N–H and O–H groups in total. The first-order chi connectivity index (χ1) is 23.5. The molecule has 9 nitrogen and oxygen atoms in total. The minimum atomic E-state index is -1.38. The van der Waals surface area contributed by atoms with Gasteiger partial charge in [-0.2, -0.15) is 0 Å². The van der Waals surface area contributed by atoms with E-state index in [1.165, 1.54) is 0 Å². The van der Waals surface area contributed by atoms with Crippen molar-refractivity contribution in [3.8, 4) is 5.75 Å². The summed E-state index contributed by atoms with van der Waals surface area (Å²) in [7, 11) is 0. The van der Waals surface area contributed by atoms with Crippen molar-refractivity contribution in [3.63, 3.8) is 0 Å². The molecule has 13 atom stereocenters. The Labute approximate surface area is 296 Å². The Morgan fingerprint density at radius 3 is 2.52 bits per heavy atom. The SMILES string of the molecule is CC(C)C(C)C1OC1C(C)(O)C1CCC2(O)C3=CC(=O)C4CC(O)C(O)C5CCC3(CCC12CCc1cc(O)cc(N2CCCC2=O)c1)C45C. The highest BCUT2D eigenvalue weighted by Crippen LogP contribution is 2.79. The van der Waals surface area contributed by atoms with Crippen molar-refractivity contribution in [2.24, 2.45) is 45.8 Å². The van der Waals surface area contributed by atoms with Crippen LogP contribution in [0, 0.1) is 45.8 Å². The van der Waals surface area contributed by atoms with Gasteiger partial charge in [0, 0.05) is 41.5 Å². The Balaban J connectivity index is 1.21. The van der Waals surface area contributed by atoms with Crippen molar-refractivity contribution < 1.29 is 39.9 Å². The number of ether oxygens (including phenoxy) is 1. The highest BCUT2D eigenvalue weighted by atomic mass is 16.6. The van der Waals surface area contributed by atoms with E-state index >= 15 is 0 Å². The van der Waals surface area contributed by atoms with Crippen LogP contribution in [-0.2, 0) is 20.7 Å². The zero-order valence-corrected chi connectivity index (χ0v) is 30.4. The first-order valence-corrected chi connectivity index (χ1v) is 19.4. The van der Waals surface area contributed by atoms with Gasteiger partial charge in [-0.05, 0) is 130 Å². The maximum absolute atomic E-state index is 14.2. The quantitative estimate of drug-likeness (QED) is 0.243. The van der Waals surface area contributed by atoms with Gasteiger partial charge < -0.3 is 35.2 Å². The van der Waals surface area contributed by atoms with E-state index in [9.17, 15) is 35.1 Å². The number of fused-ring (bicyclic) bond motifs is 2. The van der Waals surface area contributed by atoms with Gasteiger partial charge in [-0.25, -0.2) is 0 Å². The summed E-state index contributed by atoms with van der Waals surface area (Å²) in [6.07, 6.45) is 5.76. The van der Waals surface area contributed by atoms with Crippen molar-refractivity contribution in [1.29, 1.82) is 0 Å². The molecule has 1 aromatic rings. The van der Waals surface area contributed by atoms with Crippen molar-refractivity contribution in [3.05, 3.63) is 35.4 Å². The average Bonchev–Trinajstić information content (AvgIpc) is 3.53. The molecule has 8 rings (SSSR count). The van der Waals surface area contributed by atoms with Crippen molar-refractivity contribution in [1.82, 2.24) is 0 Å². The number of anilines is 1. The number of aliphatic hydroxyl groups is 4. The summed E-state index contributed by atoms with van der Waals surface area (Å²) in [5.41, 5.74) is -2.16. The molecule has 4 saturated carbocycles. The number of epoxide rings is 1. The number of hydrogen-bond donors (Lipinski definition) is 5. The topological polar surface area (TPSA) is 151 Å². The summed E-state index contributed by atoms with van der Waals surface area (Å²) in [5.74, 6) is -0.253. The molecule has 0 radical (unpaired) electrons. The first-order valence-electron chi connectivity index (χ1n) is 19.4. The van der Waals surface area contributed by atoms with Crippen LogP contribution in [0.2, 0.25) is 0 Å². The predicted octanol–water partition coefficient (Wildman–Crippen LogP) is 4.84. The summed E-state index contributed by atoms with van der Waals surface area (Å²) in [5, 5.41) is 59.1. The Morgan fingerprint density at radius 1 is 1.06 bits per heavy atom. The molecular weight excluding hydrogens is 634 g/mol. The van der Waals surface area contributed by atoms with Crippen LogP contribution >= 0.6 is 0 Å². The summed E-state index contributed by atoms with van der Waals surface area (Å²) < 4.78 is 6.29. The third-order valence-electron chi connectivity index (χ3n) is 16.1. The predicted molar refractivity (Wildman–Crippen MR) is 187 cm³/mol. The Bertz CT molecular complexity index is 1620. The highest BCUT2D eigenvalue weighted by molar-refractivity contribution is 5.96. The molecule has 0 aromatic heterocycles. The monoisotopic (exact) mass is 691 g/mol. The molecule has 9 heteroatoms. The molecule has 50 heavy (non-hydrogen) atoms. The van der Waals surface area contributed by atoms with E-state index in [-0.39, 0.29) is 53.8 Å². The summed E-state index contributed by atoms with van der Waals surface area (Å²) in [4.78, 5) is 28.5. The number of aromatic hydroxyl groups is 1. The number of aliphatic hydroxyl groups excluding tert-OH is 2. The first kappa shape index (κ1) is 34.8. The van der Waals surface area contributed by atoms with Crippen molar-refractivity contribution >= 4 is 17.4 Å². The number of phenols is 1. The fourth-order valence-electron chi connectivity index (χ4n) is 13.2. The number of hydrogen-bond acceptors (Lipinski definition) is 8. The molecule has 274 valence electrons. The number of carbonyl (C=O) groups excluding carboxylic acids is 2. The van der Waals surface area contributed by atoms with Crippen LogP contribution in [0.3, 0.4) is 0 Å². The minimum absolute atomic E-state index is 0.0459. The molecule has 13 unspecified atom stereocenters. The molecule has 1 amide bonds. The number of amides is 1. The van der Waals surface area contributed by atoms with Crippen LogP contribution in [0.15, 0.2) is 29.8 Å². The third kappa shape index (κ3) is 4.48. The lowest BCUT2D eigenvalue weighted by Gasteiger charge is -2.66. The lowest BCUT2D eigenvalue weighted by Crippen LogP contribution is -2.67. The van der Waals surface area contributed by atoms with E-state index in [0.717, 1.165) is 30.4 Å². The van der Waals surface area contributed by atoms with E-state index in [0.29, 0.717) is 63.1 Å². The molecule has 0 bridgehead atoms. The van der Waals surface area contributed by atoms with Crippen LogP contribution in [0.4, 0.5) is 5.69 Å². The molecule has 7 aliphatic rings. The summed E-state index contributed by atoms with van der Waals surface area (Å²) in [6.45, 7) is 11.2. The lowest BCUT2D eigenvalue weighted by atomic mass is 9.39. The number of phenolic OH excluding ortho intramolecular Hbond substituents is 1. The number of ketones is 1. The average molecular weight is 692 g/mol. The molecule has 5 aliphatic carbocycles. The van der Waals surface area contributed by atoms with Gasteiger partial charge in [0.05, 0.1) is 29.5 Å². The fourth-order valence-corrected chi connectivity index (χ4v) is 13.2. The van der Waals surface area contributed by atoms with E-state index in [4.69, 9.17) is 4.74 Å². The molecule has 2 heterocycles. The van der Waals surface area contributed by atoms with E-state index in [1.54, 1.807) is 23.1 Å². The van der Waals surface area contributed by atoms with Gasteiger partial charge in [0.25, 0.3) is 0 Å². The van der Waals surface area contributed by atoms with Gasteiger partial charge in [-0.3, -0.25) is 9.59 Å². The maximum atomic E-state index is 14.2. The van der Waals surface area contributed by atoms with Crippen molar-refractivity contribution in [2.45, 2.75) is 141 Å². The number of allylic oxidation sites excluding steroid dienone is 1. The fraction of sp³-hybridized carbons (Fsp3) is 0.756. The van der Waals surface area contributed by atoms with Gasteiger partial charge in [0.15, 0.2) is 5.78 Å². The third-order valence-corrected chi connectivity index (χ3v) is 16.1. The molecule has 1 spiro atoms. The standard InChI is InChI=1S/C41H57NO8/c1-22(2)23(3)35-36(50-35)38(5,48)31-10-13-41(49)32-21-29(44)28-20-30(45)34(47)27-9-12-39(32,37(27,28)4)14-15-40(31,41)11-8-24-17-25(19-26(43)18-24)42-16-6-7-33(42)46/h17-19,21-23,27-28,30-31,34-36,43,45,47-49H,6-16,20H2,1-5H3. The van der Waals surface area contributed by atoms with Crippen LogP contribution in [0.5, 0.6) is 5.75 Å². The zero-order valence-electron chi connectivity index (χ0n) is 30.4. The second kappa shape index (κ2) is 11.3. The molecule has 2 saturated heterocycles. The van der Waals surface area contributed by atoms with E-state index < -0.39 is 45.6 Å². The molecular formula is C41H57NO8. The Kier molecular flexibility index (Phi) is 7.89. The molecule has 6 fully saturated rings. The number of carbonyl (C=O) groups is 2. The largest absolute Gasteiger partial charge is 0.508 e. The number of benzene rings is 1. The maximum Gasteiger partial charge on any atom is 0.227 e. The van der Waals surface area contributed by atoms with Gasteiger partial charge in [-0.15, -0.1) is 0 Å². The molecule has 1 aromatic carbocycles. The van der Waals surface area contributed by atoms with E-state index in [2.05, 4.69) is 27.7 Å². The number of aryl methyl sites for hydroxylation is 1. The molecule has 2 aliphatic heterocycles. The van der Waals surface area contributed by atoms with Crippen LogP contribution < -0.4 is 4.90 Å². The van der Waals surface area contributed by atoms with E-state index in [1.807, 2.05) is 13.0 Å². The van der Waals surface area contributed by atoms with Gasteiger partial charge in [-0.1, -0.05) is 27.7 Å². The minimum Gasteiger partial charge on any atom is -0.508 e. The normalized spacial score (nSPS) is 45.2.